The van der Waals surface area contributed by atoms with Gasteiger partial charge >= 0.3 is 6.09 Å². The Morgan fingerprint density at radius 3 is 2.39 bits per heavy atom. The van der Waals surface area contributed by atoms with Crippen molar-refractivity contribution in [3.8, 4) is 0 Å². The number of hydrogen-bond donors (Lipinski definition) is 5. The van der Waals surface area contributed by atoms with Crippen molar-refractivity contribution < 1.29 is 24.3 Å². The normalized spacial score (nSPS) is 23.8. The van der Waals surface area contributed by atoms with Crippen LogP contribution in [0, 0.1) is 17.8 Å². The molecule has 36 heavy (non-hydrogen) atoms. The standard InChI is InChI=1S/C23H36N8O5/c32-19(12-25-22(34)20(26-23(35)36)15-8-4-5-9-15)31-13-16(14-6-2-1-3-7-14)10-17(31)21(33)24-11-18-27-29-30-28-18/h14-17,20,26H,1-13H2,(H,24,33)(H,25,34)(H,35,36)(H,27,28,29,30)/t16-,17+,20+/m1/s1. The van der Waals surface area contributed by atoms with Gasteiger partial charge in [-0.3, -0.25) is 14.4 Å². The molecule has 0 radical (unpaired) electrons. The number of aromatic nitrogens is 4. The number of amides is 4. The van der Waals surface area contributed by atoms with Crippen LogP contribution in [0.5, 0.6) is 0 Å². The van der Waals surface area contributed by atoms with Crippen LogP contribution in [0.15, 0.2) is 0 Å². The SMILES string of the molecule is O=C(O)N[C@H](C(=O)NCC(=O)N1C[C@H](C2CCCCC2)C[C@H]1C(=O)NCc1nn[nH]n1)C1CCCC1. The third kappa shape index (κ3) is 6.49. The molecule has 3 aliphatic rings. The molecule has 3 atom stereocenters. The van der Waals surface area contributed by atoms with Gasteiger partial charge in [-0.15, -0.1) is 10.2 Å². The van der Waals surface area contributed by atoms with Gasteiger partial charge in [-0.05, 0) is 37.0 Å². The molecule has 2 heterocycles. The van der Waals surface area contributed by atoms with Crippen LogP contribution in [0.4, 0.5) is 4.79 Å². The predicted octanol–water partition coefficient (Wildman–Crippen LogP) is 0.556. The predicted molar refractivity (Wildman–Crippen MR) is 126 cm³/mol. The number of nitrogens with one attached hydrogen (secondary N) is 4. The molecule has 1 aromatic rings. The van der Waals surface area contributed by atoms with E-state index in [2.05, 4.69) is 36.6 Å². The fourth-order valence-electron chi connectivity index (χ4n) is 6.08. The molecule has 5 N–H and O–H groups in total. The summed E-state index contributed by atoms with van der Waals surface area (Å²) in [5.41, 5.74) is 0. The Bertz CT molecular complexity index is 914. The number of carbonyl (C=O) groups is 4. The molecule has 0 spiro atoms. The molecule has 1 aliphatic heterocycles. The number of hydrogen-bond acceptors (Lipinski definition) is 7. The molecule has 4 amide bonds. The number of tetrazole rings is 1. The van der Waals surface area contributed by atoms with E-state index < -0.39 is 24.1 Å². The zero-order valence-electron chi connectivity index (χ0n) is 20.4. The zero-order chi connectivity index (χ0) is 25.5. The highest BCUT2D eigenvalue weighted by molar-refractivity contribution is 5.92. The Labute approximate surface area is 209 Å². The number of rotatable bonds is 9. The van der Waals surface area contributed by atoms with Crippen molar-refractivity contribution in [1.29, 1.82) is 0 Å². The summed E-state index contributed by atoms with van der Waals surface area (Å²) in [7, 11) is 0. The van der Waals surface area contributed by atoms with Crippen LogP contribution in [-0.4, -0.2) is 79.6 Å². The first-order valence-electron chi connectivity index (χ1n) is 13.0. The van der Waals surface area contributed by atoms with Crippen molar-refractivity contribution in [2.75, 3.05) is 13.1 Å². The average molecular weight is 505 g/mol. The molecule has 13 nitrogen and oxygen atoms in total. The monoisotopic (exact) mass is 504 g/mol. The van der Waals surface area contributed by atoms with Crippen LogP contribution in [0.1, 0.15) is 70.0 Å². The Morgan fingerprint density at radius 2 is 1.72 bits per heavy atom. The molecule has 0 bridgehead atoms. The molecule has 2 saturated carbocycles. The van der Waals surface area contributed by atoms with Crippen molar-refractivity contribution in [1.82, 2.24) is 41.5 Å². The Morgan fingerprint density at radius 1 is 1.00 bits per heavy atom. The highest BCUT2D eigenvalue weighted by Gasteiger charge is 2.42. The Hall–Kier alpha value is -3.25. The van der Waals surface area contributed by atoms with Crippen LogP contribution in [0.25, 0.3) is 0 Å². The Kier molecular flexibility index (Phi) is 8.70. The topological polar surface area (TPSA) is 182 Å². The van der Waals surface area contributed by atoms with Crippen molar-refractivity contribution in [2.45, 2.75) is 82.8 Å². The van der Waals surface area contributed by atoms with E-state index in [1.807, 2.05) is 0 Å². The van der Waals surface area contributed by atoms with Gasteiger partial charge in [0.15, 0.2) is 5.82 Å². The second-order valence-electron chi connectivity index (χ2n) is 10.2. The lowest BCUT2D eigenvalue weighted by atomic mass is 9.79. The average Bonchev–Trinajstić information content (AvgIpc) is 3.66. The first-order chi connectivity index (χ1) is 17.4. The van der Waals surface area contributed by atoms with Crippen LogP contribution < -0.4 is 16.0 Å². The molecule has 4 rings (SSSR count). The zero-order valence-corrected chi connectivity index (χ0v) is 20.4. The molecule has 198 valence electrons. The summed E-state index contributed by atoms with van der Waals surface area (Å²) in [6, 6.07) is -1.53. The summed E-state index contributed by atoms with van der Waals surface area (Å²) in [4.78, 5) is 52.0. The maximum Gasteiger partial charge on any atom is 0.405 e. The van der Waals surface area contributed by atoms with Gasteiger partial charge in [-0.2, -0.15) is 5.21 Å². The maximum atomic E-state index is 13.2. The Balaban J connectivity index is 1.38. The summed E-state index contributed by atoms with van der Waals surface area (Å²) < 4.78 is 0. The van der Waals surface area contributed by atoms with E-state index in [-0.39, 0.29) is 36.7 Å². The number of H-pyrrole nitrogens is 1. The van der Waals surface area contributed by atoms with E-state index in [1.54, 1.807) is 4.90 Å². The minimum absolute atomic E-state index is 0.0812. The van der Waals surface area contributed by atoms with E-state index in [0.29, 0.717) is 24.7 Å². The summed E-state index contributed by atoms with van der Waals surface area (Å²) in [6.07, 6.45) is 8.51. The maximum absolute atomic E-state index is 13.2. The first kappa shape index (κ1) is 25.8. The molecule has 3 fully saturated rings. The van der Waals surface area contributed by atoms with Crippen LogP contribution in [0.3, 0.4) is 0 Å². The van der Waals surface area contributed by atoms with E-state index in [0.717, 1.165) is 38.5 Å². The number of nitrogens with zero attached hydrogens (tertiary/aromatic N) is 4. The van der Waals surface area contributed by atoms with Crippen molar-refractivity contribution >= 4 is 23.8 Å². The highest BCUT2D eigenvalue weighted by atomic mass is 16.4. The fraction of sp³-hybridized carbons (Fsp3) is 0.783. The van der Waals surface area contributed by atoms with E-state index in [9.17, 15) is 24.3 Å². The third-order valence-electron chi connectivity index (χ3n) is 7.93. The summed E-state index contributed by atoms with van der Waals surface area (Å²) in [5, 5.41) is 30.4. The highest BCUT2D eigenvalue weighted by Crippen LogP contribution is 2.37. The summed E-state index contributed by atoms with van der Waals surface area (Å²) in [5.74, 6) is -0.160. The van der Waals surface area contributed by atoms with Crippen molar-refractivity contribution in [2.24, 2.45) is 17.8 Å². The second-order valence-corrected chi connectivity index (χ2v) is 10.2. The van der Waals surface area contributed by atoms with E-state index >= 15 is 0 Å². The summed E-state index contributed by atoms with van der Waals surface area (Å²) in [6.45, 7) is 0.289. The van der Waals surface area contributed by atoms with Gasteiger partial charge in [0, 0.05) is 6.54 Å². The molecule has 2 aliphatic carbocycles. The van der Waals surface area contributed by atoms with Gasteiger partial charge in [0.2, 0.25) is 17.7 Å². The van der Waals surface area contributed by atoms with Crippen molar-refractivity contribution in [3.63, 3.8) is 0 Å². The van der Waals surface area contributed by atoms with E-state index in [1.165, 1.54) is 19.3 Å². The number of carboxylic acid groups (broad SMARTS) is 1. The largest absolute Gasteiger partial charge is 0.465 e. The van der Waals surface area contributed by atoms with Gasteiger partial charge in [-0.1, -0.05) is 50.2 Å². The van der Waals surface area contributed by atoms with Crippen LogP contribution in [0.2, 0.25) is 0 Å². The van der Waals surface area contributed by atoms with Crippen LogP contribution >= 0.6 is 0 Å². The summed E-state index contributed by atoms with van der Waals surface area (Å²) >= 11 is 0. The number of aromatic amines is 1. The first-order valence-corrected chi connectivity index (χ1v) is 13.0. The fourth-order valence-corrected chi connectivity index (χ4v) is 6.08. The smallest absolute Gasteiger partial charge is 0.405 e. The molecule has 0 aromatic carbocycles. The lowest BCUT2D eigenvalue weighted by molar-refractivity contribution is -0.139. The number of carbonyl (C=O) groups excluding carboxylic acids is 3. The second kappa shape index (κ2) is 12.1. The van der Waals surface area contributed by atoms with Gasteiger partial charge < -0.3 is 26.0 Å². The minimum Gasteiger partial charge on any atom is -0.465 e. The van der Waals surface area contributed by atoms with Crippen LogP contribution in [-0.2, 0) is 20.9 Å². The van der Waals surface area contributed by atoms with E-state index in [4.69, 9.17) is 0 Å². The molecular weight excluding hydrogens is 468 g/mol. The van der Waals surface area contributed by atoms with Crippen molar-refractivity contribution in [3.05, 3.63) is 5.82 Å². The molecule has 13 heteroatoms. The van der Waals surface area contributed by atoms with Gasteiger partial charge in [0.1, 0.15) is 12.1 Å². The third-order valence-corrected chi connectivity index (χ3v) is 7.93. The minimum atomic E-state index is -1.26. The van der Waals surface area contributed by atoms with Gasteiger partial charge in [0.25, 0.3) is 0 Å². The molecule has 1 aromatic heterocycles. The quantitative estimate of drug-likeness (QED) is 0.323. The lowest BCUT2D eigenvalue weighted by Crippen LogP contribution is -2.53. The molecular formula is C23H36N8O5. The molecule has 0 unspecified atom stereocenters. The number of likely N-dealkylation sites (tertiary alicyclic amines) is 1. The van der Waals surface area contributed by atoms with Gasteiger partial charge in [-0.25, -0.2) is 4.79 Å². The molecule has 1 saturated heterocycles. The lowest BCUT2D eigenvalue weighted by Gasteiger charge is -2.27. The van der Waals surface area contributed by atoms with Gasteiger partial charge in [0.05, 0.1) is 13.1 Å².